The molecular weight excluding hydrogens is 380 g/mol. The van der Waals surface area contributed by atoms with Crippen molar-refractivity contribution in [3.05, 3.63) is 108 Å². The fourth-order valence-electron chi connectivity index (χ4n) is 3.87. The first kappa shape index (κ1) is 23.2. The lowest BCUT2D eigenvalue weighted by Gasteiger charge is -2.36. The van der Waals surface area contributed by atoms with Gasteiger partial charge >= 0.3 is 0 Å². The molecule has 0 fully saturated rings. The van der Waals surface area contributed by atoms with Gasteiger partial charge in [-0.25, -0.2) is 0 Å². The highest BCUT2D eigenvalue weighted by Crippen LogP contribution is 2.18. The molecular formula is C28H36N2O. The number of hydrogen-bond acceptors (Lipinski definition) is 3. The zero-order valence-corrected chi connectivity index (χ0v) is 18.8. The van der Waals surface area contributed by atoms with Crippen LogP contribution in [0.3, 0.4) is 0 Å². The second-order valence-corrected chi connectivity index (χ2v) is 8.71. The summed E-state index contributed by atoms with van der Waals surface area (Å²) >= 11 is 0. The predicted octanol–water partition coefficient (Wildman–Crippen LogP) is 5.25. The molecule has 2 atom stereocenters. The Morgan fingerprint density at radius 3 is 1.61 bits per heavy atom. The Bertz CT molecular complexity index is 810. The van der Waals surface area contributed by atoms with Gasteiger partial charge < -0.3 is 5.11 Å². The molecule has 3 aromatic rings. The van der Waals surface area contributed by atoms with Crippen LogP contribution in [0.15, 0.2) is 91.0 Å². The second-order valence-electron chi connectivity index (χ2n) is 8.71. The lowest BCUT2D eigenvalue weighted by atomic mass is 10.0. The minimum atomic E-state index is -0.466. The van der Waals surface area contributed by atoms with Gasteiger partial charge in [0.2, 0.25) is 0 Å². The number of rotatable bonds is 12. The van der Waals surface area contributed by atoms with Gasteiger partial charge in [-0.15, -0.1) is 0 Å². The van der Waals surface area contributed by atoms with Gasteiger partial charge in [0.15, 0.2) is 0 Å². The first-order valence-corrected chi connectivity index (χ1v) is 11.4. The minimum absolute atomic E-state index is 0.119. The van der Waals surface area contributed by atoms with Gasteiger partial charge in [-0.1, -0.05) is 105 Å². The first-order chi connectivity index (χ1) is 15.1. The average molecular weight is 417 g/mol. The smallest absolute Gasteiger partial charge is 0.0870 e. The summed E-state index contributed by atoms with van der Waals surface area (Å²) in [6, 6.07) is 31.5. The summed E-state index contributed by atoms with van der Waals surface area (Å²) < 4.78 is 0. The van der Waals surface area contributed by atoms with Crippen molar-refractivity contribution >= 4 is 0 Å². The molecule has 3 aromatic carbocycles. The Morgan fingerprint density at radius 1 is 0.710 bits per heavy atom. The molecule has 0 heterocycles. The molecule has 0 saturated heterocycles. The van der Waals surface area contributed by atoms with Gasteiger partial charge in [-0.2, -0.15) is 0 Å². The van der Waals surface area contributed by atoms with Crippen LogP contribution in [0.5, 0.6) is 0 Å². The summed E-state index contributed by atoms with van der Waals surface area (Å²) in [7, 11) is 0. The van der Waals surface area contributed by atoms with Crippen molar-refractivity contribution in [3.63, 3.8) is 0 Å². The monoisotopic (exact) mass is 416 g/mol. The van der Waals surface area contributed by atoms with E-state index in [4.69, 9.17) is 0 Å². The van der Waals surface area contributed by atoms with E-state index in [-0.39, 0.29) is 6.17 Å². The van der Waals surface area contributed by atoms with Crippen LogP contribution in [0.2, 0.25) is 0 Å². The van der Waals surface area contributed by atoms with Gasteiger partial charge in [-0.3, -0.25) is 10.2 Å². The number of aliphatic hydroxyl groups is 1. The van der Waals surface area contributed by atoms with Crippen molar-refractivity contribution in [2.75, 3.05) is 6.54 Å². The van der Waals surface area contributed by atoms with Crippen LogP contribution in [-0.2, 0) is 19.5 Å². The van der Waals surface area contributed by atoms with E-state index in [9.17, 15) is 5.11 Å². The van der Waals surface area contributed by atoms with Crippen LogP contribution in [0, 0.1) is 5.92 Å². The van der Waals surface area contributed by atoms with E-state index in [1.54, 1.807) is 0 Å². The van der Waals surface area contributed by atoms with Crippen molar-refractivity contribution in [2.45, 2.75) is 52.0 Å². The van der Waals surface area contributed by atoms with Crippen molar-refractivity contribution in [1.82, 2.24) is 10.2 Å². The SMILES string of the molecule is CC(C)CNC([C@@H](O)CCc1ccccc1)N(Cc1ccccc1)Cc1ccccc1. The zero-order chi connectivity index (χ0) is 21.9. The molecule has 0 spiro atoms. The van der Waals surface area contributed by atoms with Crippen LogP contribution >= 0.6 is 0 Å². The van der Waals surface area contributed by atoms with Gasteiger partial charge in [-0.05, 0) is 42.0 Å². The molecule has 0 aliphatic carbocycles. The third-order valence-corrected chi connectivity index (χ3v) is 5.52. The molecule has 0 bridgehead atoms. The van der Waals surface area contributed by atoms with E-state index in [1.807, 2.05) is 18.2 Å². The van der Waals surface area contributed by atoms with Crippen molar-refractivity contribution in [1.29, 1.82) is 0 Å². The third-order valence-electron chi connectivity index (χ3n) is 5.52. The topological polar surface area (TPSA) is 35.5 Å². The number of aryl methyl sites for hydroxylation is 1. The van der Waals surface area contributed by atoms with Gasteiger partial charge in [0.25, 0.3) is 0 Å². The molecule has 3 rings (SSSR count). The maximum atomic E-state index is 11.3. The molecule has 3 nitrogen and oxygen atoms in total. The molecule has 0 amide bonds. The molecule has 2 N–H and O–H groups in total. The number of nitrogens with one attached hydrogen (secondary N) is 1. The Hall–Kier alpha value is -2.46. The average Bonchev–Trinajstić information content (AvgIpc) is 2.79. The van der Waals surface area contributed by atoms with Gasteiger partial charge in [0, 0.05) is 13.1 Å². The zero-order valence-electron chi connectivity index (χ0n) is 18.8. The lowest BCUT2D eigenvalue weighted by molar-refractivity contribution is 0.0141. The van der Waals surface area contributed by atoms with Crippen LogP contribution in [-0.4, -0.2) is 28.8 Å². The molecule has 0 aliphatic rings. The highest BCUT2D eigenvalue weighted by atomic mass is 16.3. The highest BCUT2D eigenvalue weighted by Gasteiger charge is 2.26. The number of hydrogen-bond donors (Lipinski definition) is 2. The van der Waals surface area contributed by atoms with Gasteiger partial charge in [0.1, 0.15) is 0 Å². The van der Waals surface area contributed by atoms with Gasteiger partial charge in [0.05, 0.1) is 12.3 Å². The Labute approximate surface area is 187 Å². The van der Waals surface area contributed by atoms with Crippen LogP contribution in [0.25, 0.3) is 0 Å². The number of benzene rings is 3. The Morgan fingerprint density at radius 2 is 1.16 bits per heavy atom. The van der Waals surface area contributed by atoms with E-state index in [2.05, 4.69) is 96.9 Å². The van der Waals surface area contributed by atoms with Crippen molar-refractivity contribution in [2.24, 2.45) is 5.92 Å². The van der Waals surface area contributed by atoms with Crippen molar-refractivity contribution in [3.8, 4) is 0 Å². The van der Waals surface area contributed by atoms with E-state index >= 15 is 0 Å². The fraction of sp³-hybridized carbons (Fsp3) is 0.357. The van der Waals surface area contributed by atoms with E-state index < -0.39 is 6.10 Å². The molecule has 0 radical (unpaired) electrons. The normalized spacial score (nSPS) is 13.5. The molecule has 0 aliphatic heterocycles. The van der Waals surface area contributed by atoms with E-state index in [0.29, 0.717) is 5.92 Å². The molecule has 0 aromatic heterocycles. The summed E-state index contributed by atoms with van der Waals surface area (Å²) in [5, 5.41) is 15.0. The Balaban J connectivity index is 1.79. The summed E-state index contributed by atoms with van der Waals surface area (Å²) in [6.45, 7) is 6.85. The number of aliphatic hydroxyl groups excluding tert-OH is 1. The second kappa shape index (κ2) is 12.4. The molecule has 3 heteroatoms. The third kappa shape index (κ3) is 7.95. The summed E-state index contributed by atoms with van der Waals surface area (Å²) in [5.41, 5.74) is 3.77. The minimum Gasteiger partial charge on any atom is -0.390 e. The quantitative estimate of drug-likeness (QED) is 0.396. The van der Waals surface area contributed by atoms with Crippen LogP contribution in [0.4, 0.5) is 0 Å². The standard InChI is InChI=1S/C28H36N2O/c1-23(2)20-29-28(27(31)19-18-24-12-6-3-7-13-24)30(21-25-14-8-4-9-15-25)22-26-16-10-5-11-17-26/h3-17,23,27-29,31H,18-22H2,1-2H3/t27-,28?/m0/s1. The summed E-state index contributed by atoms with van der Waals surface area (Å²) in [4.78, 5) is 2.38. The maximum Gasteiger partial charge on any atom is 0.0870 e. The molecule has 1 unspecified atom stereocenters. The van der Waals surface area contributed by atoms with E-state index in [1.165, 1.54) is 16.7 Å². The summed E-state index contributed by atoms with van der Waals surface area (Å²) in [6.07, 6.45) is 1.00. The predicted molar refractivity (Wildman–Crippen MR) is 130 cm³/mol. The van der Waals surface area contributed by atoms with Crippen LogP contribution in [0.1, 0.15) is 37.0 Å². The highest BCUT2D eigenvalue weighted by molar-refractivity contribution is 5.18. The first-order valence-electron chi connectivity index (χ1n) is 11.4. The lowest BCUT2D eigenvalue weighted by Crippen LogP contribution is -2.53. The van der Waals surface area contributed by atoms with E-state index in [0.717, 1.165) is 32.5 Å². The van der Waals surface area contributed by atoms with Crippen molar-refractivity contribution < 1.29 is 5.11 Å². The largest absolute Gasteiger partial charge is 0.390 e. The fourth-order valence-corrected chi connectivity index (χ4v) is 3.87. The molecule has 0 saturated carbocycles. The molecule has 31 heavy (non-hydrogen) atoms. The Kier molecular flexibility index (Phi) is 9.29. The molecule has 164 valence electrons. The van der Waals surface area contributed by atoms with Crippen LogP contribution < -0.4 is 5.32 Å². The maximum absolute atomic E-state index is 11.3. The summed E-state index contributed by atoms with van der Waals surface area (Å²) in [5.74, 6) is 0.513. The number of nitrogens with zero attached hydrogens (tertiary/aromatic N) is 1.